The molecule has 0 heterocycles. The van der Waals surface area contributed by atoms with Gasteiger partial charge in [-0.1, -0.05) is 29.3 Å². The summed E-state index contributed by atoms with van der Waals surface area (Å²) in [6, 6.07) is 0.367. The van der Waals surface area contributed by atoms with Gasteiger partial charge in [0.05, 0.1) is 0 Å². The van der Waals surface area contributed by atoms with Gasteiger partial charge in [0.2, 0.25) is 5.91 Å². The van der Waals surface area contributed by atoms with Crippen molar-refractivity contribution in [3.05, 3.63) is 0 Å². The number of alkyl halides is 1. The van der Waals surface area contributed by atoms with Crippen molar-refractivity contribution >= 4 is 21.8 Å². The highest BCUT2D eigenvalue weighted by molar-refractivity contribution is 9.09. The Morgan fingerprint density at radius 2 is 2.25 bits per heavy atom. The molecule has 2 saturated carbocycles. The van der Waals surface area contributed by atoms with Crippen LogP contribution < -0.4 is 5.32 Å². The molecular weight excluding hydrogens is 266 g/mol. The zero-order valence-corrected chi connectivity index (χ0v) is 11.6. The third-order valence-electron chi connectivity index (χ3n) is 4.37. The molecule has 92 valence electrons. The van der Waals surface area contributed by atoms with Crippen molar-refractivity contribution in [2.75, 3.05) is 5.33 Å². The van der Waals surface area contributed by atoms with Gasteiger partial charge in [-0.15, -0.1) is 0 Å². The fourth-order valence-electron chi connectivity index (χ4n) is 3.38. The van der Waals surface area contributed by atoms with E-state index in [9.17, 15) is 4.79 Å². The summed E-state index contributed by atoms with van der Waals surface area (Å²) >= 11 is 3.45. The third-order valence-corrected chi connectivity index (χ3v) is 4.83. The van der Waals surface area contributed by atoms with E-state index in [1.807, 2.05) is 0 Å². The summed E-state index contributed by atoms with van der Waals surface area (Å²) in [4.78, 5) is 12.2. The van der Waals surface area contributed by atoms with Crippen LogP contribution in [0.25, 0.3) is 0 Å². The standard InChI is InChI=1S/C13H22BrNO/c1-2-11(5-6-14)15-13(16)12-8-9-3-4-10(12)7-9/h9-12H,2-8H2,1H3,(H,15,16). The molecule has 0 aromatic rings. The quantitative estimate of drug-likeness (QED) is 0.774. The molecule has 0 aliphatic heterocycles. The Bertz CT molecular complexity index is 256. The first-order valence-electron chi connectivity index (χ1n) is 6.61. The van der Waals surface area contributed by atoms with E-state index in [2.05, 4.69) is 28.2 Å². The topological polar surface area (TPSA) is 29.1 Å². The Morgan fingerprint density at radius 1 is 1.44 bits per heavy atom. The average molecular weight is 288 g/mol. The maximum Gasteiger partial charge on any atom is 0.223 e. The van der Waals surface area contributed by atoms with E-state index in [1.54, 1.807) is 0 Å². The first kappa shape index (κ1) is 12.4. The number of carbonyl (C=O) groups is 1. The average Bonchev–Trinajstić information content (AvgIpc) is 2.89. The van der Waals surface area contributed by atoms with E-state index in [0.717, 1.165) is 30.5 Å². The van der Waals surface area contributed by atoms with E-state index >= 15 is 0 Å². The molecule has 0 aromatic carbocycles. The molecule has 1 N–H and O–H groups in total. The molecule has 0 radical (unpaired) electrons. The van der Waals surface area contributed by atoms with Gasteiger partial charge >= 0.3 is 0 Å². The SMILES string of the molecule is CCC(CCBr)NC(=O)C1CC2CCC1C2. The van der Waals surface area contributed by atoms with Crippen molar-refractivity contribution in [2.45, 2.75) is 51.5 Å². The molecule has 2 aliphatic rings. The zero-order chi connectivity index (χ0) is 11.5. The van der Waals surface area contributed by atoms with Crippen molar-refractivity contribution in [2.24, 2.45) is 17.8 Å². The Hall–Kier alpha value is -0.0500. The second-order valence-corrected chi connectivity index (χ2v) is 6.17. The molecule has 0 saturated heterocycles. The predicted octanol–water partition coefficient (Wildman–Crippen LogP) is 3.10. The zero-order valence-electron chi connectivity index (χ0n) is 10.0. The molecule has 2 bridgehead atoms. The van der Waals surface area contributed by atoms with Crippen LogP contribution in [0.1, 0.15) is 45.4 Å². The maximum absolute atomic E-state index is 12.2. The van der Waals surface area contributed by atoms with Crippen LogP contribution in [-0.4, -0.2) is 17.3 Å². The van der Waals surface area contributed by atoms with Gasteiger partial charge in [-0.2, -0.15) is 0 Å². The van der Waals surface area contributed by atoms with E-state index in [-0.39, 0.29) is 0 Å². The van der Waals surface area contributed by atoms with Crippen LogP contribution in [0.15, 0.2) is 0 Å². The van der Waals surface area contributed by atoms with Crippen molar-refractivity contribution < 1.29 is 4.79 Å². The van der Waals surface area contributed by atoms with Crippen LogP contribution in [0, 0.1) is 17.8 Å². The summed E-state index contributed by atoms with van der Waals surface area (Å²) in [7, 11) is 0. The van der Waals surface area contributed by atoms with Gasteiger partial charge in [-0.05, 0) is 43.9 Å². The first-order valence-corrected chi connectivity index (χ1v) is 7.73. The minimum atomic E-state index is 0.333. The van der Waals surface area contributed by atoms with Crippen LogP contribution in [-0.2, 0) is 4.79 Å². The number of halogens is 1. The lowest BCUT2D eigenvalue weighted by molar-refractivity contribution is -0.127. The van der Waals surface area contributed by atoms with Gasteiger partial charge in [0.1, 0.15) is 0 Å². The molecule has 4 unspecified atom stereocenters. The molecule has 2 fully saturated rings. The molecule has 2 rings (SSSR count). The van der Waals surface area contributed by atoms with Crippen LogP contribution in [0.5, 0.6) is 0 Å². The second kappa shape index (κ2) is 5.52. The van der Waals surface area contributed by atoms with E-state index in [1.165, 1.54) is 19.3 Å². The smallest absolute Gasteiger partial charge is 0.223 e. The molecule has 2 aliphatic carbocycles. The second-order valence-electron chi connectivity index (χ2n) is 5.37. The van der Waals surface area contributed by atoms with Gasteiger partial charge in [0, 0.05) is 17.3 Å². The number of fused-ring (bicyclic) bond motifs is 2. The minimum Gasteiger partial charge on any atom is -0.353 e. The van der Waals surface area contributed by atoms with Crippen molar-refractivity contribution in [1.29, 1.82) is 0 Å². The van der Waals surface area contributed by atoms with Crippen LogP contribution in [0.4, 0.5) is 0 Å². The fourth-order valence-corrected chi connectivity index (χ4v) is 3.94. The molecule has 4 atom stereocenters. The minimum absolute atomic E-state index is 0.333. The summed E-state index contributed by atoms with van der Waals surface area (Å²) in [5.74, 6) is 2.23. The van der Waals surface area contributed by atoms with Crippen molar-refractivity contribution in [1.82, 2.24) is 5.32 Å². The lowest BCUT2D eigenvalue weighted by Crippen LogP contribution is -2.40. The Morgan fingerprint density at radius 3 is 2.75 bits per heavy atom. The Labute approximate surface area is 107 Å². The monoisotopic (exact) mass is 287 g/mol. The van der Waals surface area contributed by atoms with Crippen molar-refractivity contribution in [3.63, 3.8) is 0 Å². The molecule has 2 nitrogen and oxygen atoms in total. The molecule has 1 amide bonds. The van der Waals surface area contributed by atoms with E-state index in [0.29, 0.717) is 23.8 Å². The van der Waals surface area contributed by atoms with E-state index in [4.69, 9.17) is 0 Å². The van der Waals surface area contributed by atoms with Gasteiger partial charge in [-0.25, -0.2) is 0 Å². The number of amides is 1. The largest absolute Gasteiger partial charge is 0.353 e. The molecule has 3 heteroatoms. The van der Waals surface area contributed by atoms with E-state index < -0.39 is 0 Å². The number of rotatable bonds is 5. The van der Waals surface area contributed by atoms with Gasteiger partial charge < -0.3 is 5.32 Å². The molecule has 0 spiro atoms. The van der Waals surface area contributed by atoms with Gasteiger partial charge in [0.15, 0.2) is 0 Å². The van der Waals surface area contributed by atoms with Gasteiger partial charge in [0.25, 0.3) is 0 Å². The Kier molecular flexibility index (Phi) is 4.28. The summed E-state index contributed by atoms with van der Waals surface area (Å²) in [5.41, 5.74) is 0. The predicted molar refractivity (Wildman–Crippen MR) is 69.6 cm³/mol. The number of carbonyl (C=O) groups excluding carboxylic acids is 1. The Balaban J connectivity index is 1.83. The number of nitrogens with one attached hydrogen (secondary N) is 1. The van der Waals surface area contributed by atoms with Crippen molar-refractivity contribution in [3.8, 4) is 0 Å². The normalized spacial score (nSPS) is 34.0. The molecule has 0 aromatic heterocycles. The van der Waals surface area contributed by atoms with Crippen LogP contribution in [0.3, 0.4) is 0 Å². The summed E-state index contributed by atoms with van der Waals surface area (Å²) in [6.07, 6.45) is 7.21. The fraction of sp³-hybridized carbons (Fsp3) is 0.923. The summed E-state index contributed by atoms with van der Waals surface area (Å²) in [6.45, 7) is 2.15. The summed E-state index contributed by atoms with van der Waals surface area (Å²) < 4.78 is 0. The third kappa shape index (κ3) is 2.61. The first-order chi connectivity index (χ1) is 7.74. The number of hydrogen-bond acceptors (Lipinski definition) is 1. The highest BCUT2D eigenvalue weighted by atomic mass is 79.9. The number of hydrogen-bond donors (Lipinski definition) is 1. The molecule has 16 heavy (non-hydrogen) atoms. The lowest BCUT2D eigenvalue weighted by Gasteiger charge is -2.24. The van der Waals surface area contributed by atoms with Gasteiger partial charge in [-0.3, -0.25) is 4.79 Å². The highest BCUT2D eigenvalue weighted by Gasteiger charge is 2.43. The maximum atomic E-state index is 12.2. The van der Waals surface area contributed by atoms with Crippen LogP contribution in [0.2, 0.25) is 0 Å². The highest BCUT2D eigenvalue weighted by Crippen LogP contribution is 2.48. The molecular formula is C13H22BrNO. The summed E-state index contributed by atoms with van der Waals surface area (Å²) in [5, 5.41) is 4.20. The van der Waals surface area contributed by atoms with Crippen LogP contribution >= 0.6 is 15.9 Å². The lowest BCUT2D eigenvalue weighted by atomic mass is 9.88.